The highest BCUT2D eigenvalue weighted by molar-refractivity contribution is 6.08. The van der Waals surface area contributed by atoms with Crippen molar-refractivity contribution in [2.75, 3.05) is 36.4 Å². The van der Waals surface area contributed by atoms with E-state index in [0.29, 0.717) is 35.1 Å². The third kappa shape index (κ3) is 4.60. The molecule has 40 heavy (non-hydrogen) atoms. The Morgan fingerprint density at radius 3 is 2.80 bits per heavy atom. The molecule has 1 aromatic carbocycles. The molecule has 6 heterocycles. The van der Waals surface area contributed by atoms with Crippen LogP contribution in [0.2, 0.25) is 0 Å². The summed E-state index contributed by atoms with van der Waals surface area (Å²) in [6, 6.07) is 11.4. The zero-order valence-electron chi connectivity index (χ0n) is 22.0. The lowest BCUT2D eigenvalue weighted by molar-refractivity contribution is -0.114. The molecule has 11 heteroatoms. The number of likely N-dealkylation sites (tertiary alicyclic amines) is 1. The number of carbonyl (C=O) groups is 1. The van der Waals surface area contributed by atoms with Gasteiger partial charge in [0, 0.05) is 42.0 Å². The largest absolute Gasteiger partial charge is 0.457 e. The van der Waals surface area contributed by atoms with Crippen molar-refractivity contribution < 1.29 is 9.53 Å². The molecule has 4 aromatic heterocycles. The molecule has 5 aromatic rings. The molecule has 0 unspecified atom stereocenters. The van der Waals surface area contributed by atoms with Crippen LogP contribution in [-0.4, -0.2) is 66.5 Å². The SMILES string of the molecule is Cc1cc(Nc2ncnc3cnc(N4CC/C(=C\CN5CCC5)C4=O)cc23)ccc1Oc1ccn2ncnc2c1. The van der Waals surface area contributed by atoms with Crippen LogP contribution in [-0.2, 0) is 4.79 Å². The lowest BCUT2D eigenvalue weighted by Crippen LogP contribution is -2.37. The molecule has 0 radical (unpaired) electrons. The maximum absolute atomic E-state index is 13.1. The number of aryl methyl sites for hydroxylation is 1. The van der Waals surface area contributed by atoms with Gasteiger partial charge in [-0.2, -0.15) is 5.10 Å². The minimum Gasteiger partial charge on any atom is -0.457 e. The molecule has 1 amide bonds. The van der Waals surface area contributed by atoms with Gasteiger partial charge in [0.25, 0.3) is 5.91 Å². The van der Waals surface area contributed by atoms with Gasteiger partial charge in [0.05, 0.1) is 11.7 Å². The average molecular weight is 534 g/mol. The maximum atomic E-state index is 13.1. The molecule has 2 saturated heterocycles. The van der Waals surface area contributed by atoms with Crippen molar-refractivity contribution in [2.24, 2.45) is 0 Å². The zero-order valence-corrected chi connectivity index (χ0v) is 22.0. The van der Waals surface area contributed by atoms with E-state index >= 15 is 0 Å². The smallest absolute Gasteiger partial charge is 0.255 e. The van der Waals surface area contributed by atoms with E-state index < -0.39 is 0 Å². The predicted molar refractivity (Wildman–Crippen MR) is 151 cm³/mol. The van der Waals surface area contributed by atoms with E-state index in [1.165, 1.54) is 19.1 Å². The van der Waals surface area contributed by atoms with Crippen molar-refractivity contribution in [3.8, 4) is 11.5 Å². The lowest BCUT2D eigenvalue weighted by atomic mass is 10.2. The van der Waals surface area contributed by atoms with E-state index in [2.05, 4.69) is 41.3 Å². The number of amides is 1. The number of fused-ring (bicyclic) bond motifs is 2. The van der Waals surface area contributed by atoms with E-state index in [9.17, 15) is 4.79 Å². The third-order valence-electron chi connectivity index (χ3n) is 7.37. The van der Waals surface area contributed by atoms with Crippen LogP contribution in [0.15, 0.2) is 73.1 Å². The standard InChI is InChI=1S/C29H27N9O2/c1-19-13-21(3-4-25(19)40-22-7-12-38-27(14-22)32-18-34-38)35-28-23-15-26(30-16-24(23)31-17-33-28)37-11-6-20(29(37)39)5-10-36-8-2-9-36/h3-5,7,12-18H,2,6,8-11H2,1H3,(H,31,33,35)/b20-5+. The number of hydrogen-bond donors (Lipinski definition) is 1. The normalized spacial score (nSPS) is 16.7. The molecule has 0 bridgehead atoms. The fourth-order valence-corrected chi connectivity index (χ4v) is 4.99. The average Bonchev–Trinajstić information content (AvgIpc) is 3.55. The molecular formula is C29H27N9O2. The molecule has 2 aliphatic rings. The number of nitrogens with one attached hydrogen (secondary N) is 1. The summed E-state index contributed by atoms with van der Waals surface area (Å²) >= 11 is 0. The Morgan fingerprint density at radius 2 is 1.95 bits per heavy atom. The van der Waals surface area contributed by atoms with Gasteiger partial charge in [0.15, 0.2) is 5.65 Å². The fourth-order valence-electron chi connectivity index (χ4n) is 4.99. The van der Waals surface area contributed by atoms with E-state index in [4.69, 9.17) is 4.74 Å². The number of nitrogens with zero attached hydrogens (tertiary/aromatic N) is 8. The van der Waals surface area contributed by atoms with Crippen LogP contribution in [0.4, 0.5) is 17.3 Å². The van der Waals surface area contributed by atoms with Crippen LogP contribution in [0.3, 0.4) is 0 Å². The number of hydrogen-bond acceptors (Lipinski definition) is 9. The summed E-state index contributed by atoms with van der Waals surface area (Å²) < 4.78 is 7.79. The summed E-state index contributed by atoms with van der Waals surface area (Å²) in [4.78, 5) is 34.8. The Kier molecular flexibility index (Phi) is 6.05. The maximum Gasteiger partial charge on any atom is 0.255 e. The van der Waals surface area contributed by atoms with E-state index in [0.717, 1.165) is 54.0 Å². The highest BCUT2D eigenvalue weighted by atomic mass is 16.5. The van der Waals surface area contributed by atoms with Crippen molar-refractivity contribution in [2.45, 2.75) is 19.8 Å². The molecule has 0 saturated carbocycles. The van der Waals surface area contributed by atoms with Crippen molar-refractivity contribution in [3.05, 3.63) is 78.7 Å². The topological polar surface area (TPSA) is 114 Å². The van der Waals surface area contributed by atoms with E-state index in [1.807, 2.05) is 49.5 Å². The third-order valence-corrected chi connectivity index (χ3v) is 7.37. The molecule has 2 aliphatic heterocycles. The van der Waals surface area contributed by atoms with Gasteiger partial charge in [-0.15, -0.1) is 0 Å². The van der Waals surface area contributed by atoms with Gasteiger partial charge in [0.2, 0.25) is 0 Å². The molecule has 0 spiro atoms. The van der Waals surface area contributed by atoms with Crippen LogP contribution in [0.5, 0.6) is 11.5 Å². The minimum atomic E-state index is 0.0214. The van der Waals surface area contributed by atoms with Gasteiger partial charge in [-0.3, -0.25) is 14.6 Å². The van der Waals surface area contributed by atoms with Crippen molar-refractivity contribution in [1.82, 2.24) is 34.4 Å². The first-order valence-electron chi connectivity index (χ1n) is 13.3. The summed E-state index contributed by atoms with van der Waals surface area (Å²) in [7, 11) is 0. The Morgan fingerprint density at radius 1 is 1.02 bits per heavy atom. The first-order chi connectivity index (χ1) is 19.6. The zero-order chi connectivity index (χ0) is 27.1. The predicted octanol–water partition coefficient (Wildman–Crippen LogP) is 4.28. The summed E-state index contributed by atoms with van der Waals surface area (Å²) in [6.45, 7) is 5.66. The molecule has 11 nitrogen and oxygen atoms in total. The van der Waals surface area contributed by atoms with Gasteiger partial charge < -0.3 is 10.1 Å². The Labute approximate surface area is 230 Å². The van der Waals surface area contributed by atoms with Crippen LogP contribution >= 0.6 is 0 Å². The first kappa shape index (κ1) is 24.2. The summed E-state index contributed by atoms with van der Waals surface area (Å²) in [5, 5.41) is 8.31. The van der Waals surface area contributed by atoms with Gasteiger partial charge in [0.1, 0.15) is 35.8 Å². The molecule has 2 fully saturated rings. The number of carbonyl (C=O) groups excluding carboxylic acids is 1. The second-order valence-electron chi connectivity index (χ2n) is 10.0. The lowest BCUT2D eigenvalue weighted by Gasteiger charge is -2.29. The minimum absolute atomic E-state index is 0.0214. The van der Waals surface area contributed by atoms with Crippen LogP contribution in [0.25, 0.3) is 16.6 Å². The molecule has 0 atom stereocenters. The van der Waals surface area contributed by atoms with Gasteiger partial charge >= 0.3 is 0 Å². The quantitative estimate of drug-likeness (QED) is 0.306. The van der Waals surface area contributed by atoms with Gasteiger partial charge in [-0.1, -0.05) is 6.08 Å². The molecule has 200 valence electrons. The molecular weight excluding hydrogens is 506 g/mol. The molecule has 7 rings (SSSR count). The Hall–Kier alpha value is -4.90. The second-order valence-corrected chi connectivity index (χ2v) is 10.0. The number of rotatable bonds is 7. The van der Waals surface area contributed by atoms with E-state index in [1.54, 1.807) is 15.6 Å². The van der Waals surface area contributed by atoms with Crippen molar-refractivity contribution in [3.63, 3.8) is 0 Å². The Balaban J connectivity index is 1.11. The van der Waals surface area contributed by atoms with E-state index in [-0.39, 0.29) is 5.91 Å². The highest BCUT2D eigenvalue weighted by Gasteiger charge is 2.28. The number of ether oxygens (including phenoxy) is 1. The number of anilines is 3. The summed E-state index contributed by atoms with van der Waals surface area (Å²) in [5.74, 6) is 2.68. The fraction of sp³-hybridized carbons (Fsp3) is 0.241. The number of aromatic nitrogens is 6. The molecule has 0 aliphatic carbocycles. The Bertz CT molecular complexity index is 1780. The second kappa shape index (κ2) is 10.0. The summed E-state index contributed by atoms with van der Waals surface area (Å²) in [6.07, 6.45) is 10.6. The summed E-state index contributed by atoms with van der Waals surface area (Å²) in [5.41, 5.74) is 4.07. The first-order valence-corrected chi connectivity index (χ1v) is 13.3. The molecule has 1 N–H and O–H groups in total. The van der Waals surface area contributed by atoms with Crippen LogP contribution in [0, 0.1) is 6.92 Å². The number of benzene rings is 1. The van der Waals surface area contributed by atoms with Crippen molar-refractivity contribution >= 4 is 39.8 Å². The van der Waals surface area contributed by atoms with Crippen molar-refractivity contribution in [1.29, 1.82) is 0 Å². The van der Waals surface area contributed by atoms with Gasteiger partial charge in [-0.05, 0) is 68.8 Å². The van der Waals surface area contributed by atoms with Crippen LogP contribution in [0.1, 0.15) is 18.4 Å². The monoisotopic (exact) mass is 533 g/mol. The highest BCUT2D eigenvalue weighted by Crippen LogP contribution is 2.32. The number of pyridine rings is 2. The van der Waals surface area contributed by atoms with Crippen LogP contribution < -0.4 is 15.0 Å². The van der Waals surface area contributed by atoms with Gasteiger partial charge in [-0.25, -0.2) is 24.5 Å².